The average Bonchev–Trinajstić information content (AvgIpc) is 3.45. The number of hydrogen-bond donors (Lipinski definition) is 1. The number of hydrogen-bond acceptors (Lipinski definition) is 5. The molecular formula is C23H22N4O2S. The minimum absolute atomic E-state index is 0.0105. The Morgan fingerprint density at radius 2 is 1.83 bits per heavy atom. The van der Waals surface area contributed by atoms with Gasteiger partial charge in [-0.25, -0.2) is 0 Å². The van der Waals surface area contributed by atoms with Crippen LogP contribution in [0.4, 0.5) is 5.13 Å². The van der Waals surface area contributed by atoms with E-state index in [1.165, 1.54) is 11.3 Å². The van der Waals surface area contributed by atoms with Crippen LogP contribution in [0, 0.1) is 0 Å². The highest BCUT2D eigenvalue weighted by Gasteiger charge is 2.55. The number of fused-ring (bicyclic) bond motifs is 1. The Balaban J connectivity index is 1.62. The molecule has 1 unspecified atom stereocenters. The van der Waals surface area contributed by atoms with Crippen LogP contribution in [0.5, 0.6) is 0 Å². The number of carbonyl (C=O) groups excluding carboxylic acids is 2. The van der Waals surface area contributed by atoms with Gasteiger partial charge in [-0.1, -0.05) is 72.7 Å². The van der Waals surface area contributed by atoms with Gasteiger partial charge in [-0.3, -0.25) is 14.9 Å². The third-order valence-corrected chi connectivity index (χ3v) is 6.93. The Hall–Kier alpha value is -3.06. The zero-order valence-corrected chi connectivity index (χ0v) is 17.3. The van der Waals surface area contributed by atoms with Crippen molar-refractivity contribution in [2.24, 2.45) is 0 Å². The molecule has 5 rings (SSSR count). The molecule has 2 heterocycles. The molecule has 0 radical (unpaired) electrons. The molecule has 2 aliphatic rings. The van der Waals surface area contributed by atoms with Gasteiger partial charge in [0.05, 0.1) is 11.5 Å². The molecule has 2 aromatic carbocycles. The van der Waals surface area contributed by atoms with Gasteiger partial charge in [0.25, 0.3) is 5.91 Å². The fourth-order valence-electron chi connectivity index (χ4n) is 5.07. The topological polar surface area (TPSA) is 75.2 Å². The van der Waals surface area contributed by atoms with Gasteiger partial charge in [0.2, 0.25) is 11.0 Å². The van der Waals surface area contributed by atoms with Gasteiger partial charge in [0.15, 0.2) is 0 Å². The molecule has 1 N–H and O–H groups in total. The van der Waals surface area contributed by atoms with E-state index < -0.39 is 11.5 Å². The van der Waals surface area contributed by atoms with E-state index in [9.17, 15) is 9.59 Å². The van der Waals surface area contributed by atoms with Crippen molar-refractivity contribution in [3.05, 3.63) is 76.8 Å². The van der Waals surface area contributed by atoms with Crippen molar-refractivity contribution < 1.29 is 9.59 Å². The number of nitrogens with one attached hydrogen (secondary N) is 1. The molecule has 30 heavy (non-hydrogen) atoms. The van der Waals surface area contributed by atoms with Crippen LogP contribution in [0.1, 0.15) is 53.1 Å². The van der Waals surface area contributed by atoms with Crippen molar-refractivity contribution in [3.8, 4) is 0 Å². The molecule has 1 aliphatic heterocycles. The van der Waals surface area contributed by atoms with Crippen molar-refractivity contribution >= 4 is 28.3 Å². The zero-order chi connectivity index (χ0) is 20.6. The van der Waals surface area contributed by atoms with Gasteiger partial charge in [-0.05, 0) is 30.0 Å². The maximum absolute atomic E-state index is 13.6. The van der Waals surface area contributed by atoms with E-state index in [1.54, 1.807) is 5.51 Å². The second-order valence-corrected chi connectivity index (χ2v) is 8.77. The first-order valence-electron chi connectivity index (χ1n) is 10.2. The number of rotatable bonds is 4. The molecule has 6 nitrogen and oxygen atoms in total. The van der Waals surface area contributed by atoms with Crippen LogP contribution >= 0.6 is 11.3 Å². The van der Waals surface area contributed by atoms with Crippen LogP contribution in [-0.2, 0) is 11.3 Å². The summed E-state index contributed by atoms with van der Waals surface area (Å²) in [6.07, 6.45) is 3.63. The van der Waals surface area contributed by atoms with E-state index in [-0.39, 0.29) is 11.8 Å². The predicted octanol–water partition coefficient (Wildman–Crippen LogP) is 4.23. The summed E-state index contributed by atoms with van der Waals surface area (Å²) in [4.78, 5) is 29.2. The summed E-state index contributed by atoms with van der Waals surface area (Å²) in [5.41, 5.74) is 3.57. The van der Waals surface area contributed by atoms with Crippen LogP contribution in [0.15, 0.2) is 60.1 Å². The monoisotopic (exact) mass is 418 g/mol. The van der Waals surface area contributed by atoms with Crippen molar-refractivity contribution in [1.82, 2.24) is 15.1 Å². The lowest BCUT2D eigenvalue weighted by Gasteiger charge is -2.50. The summed E-state index contributed by atoms with van der Waals surface area (Å²) in [5.74, 6) is -0.551. The van der Waals surface area contributed by atoms with E-state index >= 15 is 0 Å². The van der Waals surface area contributed by atoms with Gasteiger partial charge >= 0.3 is 0 Å². The number of amides is 2. The fourth-order valence-corrected chi connectivity index (χ4v) is 5.52. The molecule has 152 valence electrons. The number of benzene rings is 2. The second kappa shape index (κ2) is 7.65. The first-order valence-corrected chi connectivity index (χ1v) is 11.1. The molecule has 1 aliphatic carbocycles. The van der Waals surface area contributed by atoms with Crippen LogP contribution in [0.2, 0.25) is 0 Å². The average molecular weight is 419 g/mol. The number of anilines is 1. The van der Waals surface area contributed by atoms with Gasteiger partial charge < -0.3 is 4.90 Å². The maximum atomic E-state index is 13.6. The van der Waals surface area contributed by atoms with E-state index in [1.807, 2.05) is 59.5 Å². The second-order valence-electron chi connectivity index (χ2n) is 7.94. The molecule has 1 atom stereocenters. The normalized spacial score (nSPS) is 19.7. The number of aromatic nitrogens is 2. The molecule has 0 bridgehead atoms. The zero-order valence-electron chi connectivity index (χ0n) is 16.5. The Bertz CT molecular complexity index is 1060. The summed E-state index contributed by atoms with van der Waals surface area (Å²) in [5, 5.41) is 11.2. The first-order chi connectivity index (χ1) is 14.7. The quantitative estimate of drug-likeness (QED) is 0.688. The van der Waals surface area contributed by atoms with E-state index in [2.05, 4.69) is 15.5 Å². The molecule has 7 heteroatoms. The van der Waals surface area contributed by atoms with Crippen molar-refractivity contribution in [2.75, 3.05) is 5.32 Å². The Morgan fingerprint density at radius 1 is 1.10 bits per heavy atom. The molecular weight excluding hydrogens is 396 g/mol. The van der Waals surface area contributed by atoms with Crippen LogP contribution in [-0.4, -0.2) is 32.5 Å². The van der Waals surface area contributed by atoms with Crippen molar-refractivity contribution in [3.63, 3.8) is 0 Å². The predicted molar refractivity (Wildman–Crippen MR) is 115 cm³/mol. The minimum atomic E-state index is -0.532. The summed E-state index contributed by atoms with van der Waals surface area (Å²) in [6, 6.07) is 17.5. The lowest BCUT2D eigenvalue weighted by molar-refractivity contribution is -0.121. The van der Waals surface area contributed by atoms with Gasteiger partial charge in [0, 0.05) is 12.1 Å². The molecule has 2 amide bonds. The minimum Gasteiger partial charge on any atom is -0.327 e. The SMILES string of the molecule is O=C(Nc1nncs1)C1c2ccccc2C(=O)N(Cc2ccccc2)C12CCCC2. The maximum Gasteiger partial charge on any atom is 0.254 e. The molecule has 0 saturated heterocycles. The van der Waals surface area contributed by atoms with Crippen molar-refractivity contribution in [2.45, 2.75) is 43.7 Å². The van der Waals surface area contributed by atoms with E-state index in [0.29, 0.717) is 17.2 Å². The summed E-state index contributed by atoms with van der Waals surface area (Å²) in [7, 11) is 0. The molecule has 1 spiro atoms. The Labute approximate surface area is 178 Å². The summed E-state index contributed by atoms with van der Waals surface area (Å²) >= 11 is 1.30. The van der Waals surface area contributed by atoms with Gasteiger partial charge in [-0.2, -0.15) is 0 Å². The lowest BCUT2D eigenvalue weighted by Crippen LogP contribution is -2.59. The molecule has 1 fully saturated rings. The third kappa shape index (κ3) is 3.10. The molecule has 3 aromatic rings. The summed E-state index contributed by atoms with van der Waals surface area (Å²) in [6.45, 7) is 0.497. The number of carbonyl (C=O) groups is 2. The standard InChI is InChI=1S/C23H22N4O2S/c28-20(25-22-26-24-15-30-22)19-17-10-4-5-11-18(17)21(29)27(23(19)12-6-7-13-23)14-16-8-2-1-3-9-16/h1-5,8-11,15,19H,6-7,12-14H2,(H,25,26,28). The van der Waals surface area contributed by atoms with Crippen LogP contribution < -0.4 is 5.32 Å². The fraction of sp³-hybridized carbons (Fsp3) is 0.304. The van der Waals surface area contributed by atoms with Gasteiger partial charge in [-0.15, -0.1) is 10.2 Å². The molecule has 1 aromatic heterocycles. The summed E-state index contributed by atoms with van der Waals surface area (Å²) < 4.78 is 0. The highest BCUT2D eigenvalue weighted by molar-refractivity contribution is 7.13. The van der Waals surface area contributed by atoms with Crippen molar-refractivity contribution in [1.29, 1.82) is 0 Å². The first kappa shape index (κ1) is 18.9. The Morgan fingerprint density at radius 3 is 2.57 bits per heavy atom. The lowest BCUT2D eigenvalue weighted by atomic mass is 9.71. The smallest absolute Gasteiger partial charge is 0.254 e. The van der Waals surface area contributed by atoms with E-state index in [4.69, 9.17) is 0 Å². The highest BCUT2D eigenvalue weighted by atomic mass is 32.1. The van der Waals surface area contributed by atoms with Gasteiger partial charge in [0.1, 0.15) is 5.51 Å². The highest BCUT2D eigenvalue weighted by Crippen LogP contribution is 2.51. The molecule has 1 saturated carbocycles. The van der Waals surface area contributed by atoms with Crippen LogP contribution in [0.3, 0.4) is 0 Å². The van der Waals surface area contributed by atoms with Crippen LogP contribution in [0.25, 0.3) is 0 Å². The third-order valence-electron chi connectivity index (χ3n) is 6.33. The largest absolute Gasteiger partial charge is 0.327 e. The Kier molecular flexibility index (Phi) is 4.83. The van der Waals surface area contributed by atoms with E-state index in [0.717, 1.165) is 36.8 Å². The number of nitrogens with zero attached hydrogens (tertiary/aromatic N) is 3.